The van der Waals surface area contributed by atoms with Gasteiger partial charge in [-0.05, 0) is 49.2 Å². The second kappa shape index (κ2) is 13.2. The van der Waals surface area contributed by atoms with Crippen molar-refractivity contribution in [3.05, 3.63) is 48.5 Å². The summed E-state index contributed by atoms with van der Waals surface area (Å²) in [4.78, 5) is 6.41. The van der Waals surface area contributed by atoms with Gasteiger partial charge in [0.2, 0.25) is 0 Å². The number of aromatic nitrogens is 2. The second-order valence-electron chi connectivity index (χ2n) is 7.47. The average Bonchev–Trinajstić information content (AvgIpc) is 3.26. The number of imidazole rings is 1. The third kappa shape index (κ3) is 8.44. The highest BCUT2D eigenvalue weighted by Crippen LogP contribution is 2.14. The molecule has 1 aromatic carbocycles. The molecule has 2 aromatic rings. The summed E-state index contributed by atoms with van der Waals surface area (Å²) in [5, 5.41) is 4.48. The minimum atomic E-state index is 0.445. The third-order valence-electron chi connectivity index (χ3n) is 5.20. The van der Waals surface area contributed by atoms with Gasteiger partial charge in [-0.25, -0.2) is 4.98 Å². The van der Waals surface area contributed by atoms with Gasteiger partial charge >= 0.3 is 0 Å². The number of nitrogens with one attached hydrogen (secondary N) is 1. The zero-order valence-corrected chi connectivity index (χ0v) is 19.0. The molecule has 0 saturated heterocycles. The number of thiocarbonyl (C=S) groups is 1. The van der Waals surface area contributed by atoms with E-state index in [2.05, 4.69) is 45.7 Å². The van der Waals surface area contributed by atoms with E-state index >= 15 is 0 Å². The molecule has 0 saturated carbocycles. The summed E-state index contributed by atoms with van der Waals surface area (Å²) in [6.07, 6.45) is 12.8. The van der Waals surface area contributed by atoms with Crippen LogP contribution in [-0.2, 0) is 13.1 Å². The Morgan fingerprint density at radius 2 is 2.00 bits per heavy atom. The maximum Gasteiger partial charge on any atom is 0.169 e. The first-order valence-electron chi connectivity index (χ1n) is 10.8. The molecule has 0 amide bonds. The monoisotopic (exact) mass is 416 g/mol. The molecule has 0 radical (unpaired) electrons. The summed E-state index contributed by atoms with van der Waals surface area (Å²) in [7, 11) is 1.69. The van der Waals surface area contributed by atoms with Crippen molar-refractivity contribution in [2.45, 2.75) is 71.5 Å². The molecular formula is C23H36N4OS. The Morgan fingerprint density at radius 3 is 2.62 bits per heavy atom. The number of unbranched alkanes of at least 4 members (excludes halogenated alkanes) is 2. The summed E-state index contributed by atoms with van der Waals surface area (Å²) < 4.78 is 7.39. The molecule has 1 heterocycles. The Labute approximate surface area is 181 Å². The third-order valence-corrected chi connectivity index (χ3v) is 5.58. The first-order valence-corrected chi connectivity index (χ1v) is 11.2. The van der Waals surface area contributed by atoms with Gasteiger partial charge in [0.05, 0.1) is 13.4 Å². The molecule has 1 unspecified atom stereocenters. The fourth-order valence-corrected chi connectivity index (χ4v) is 3.67. The molecule has 0 bridgehead atoms. The predicted molar refractivity (Wildman–Crippen MR) is 124 cm³/mol. The Morgan fingerprint density at radius 1 is 1.21 bits per heavy atom. The van der Waals surface area contributed by atoms with Crippen molar-refractivity contribution in [2.75, 3.05) is 13.7 Å². The number of rotatable bonds is 13. The van der Waals surface area contributed by atoms with E-state index in [0.29, 0.717) is 6.04 Å². The summed E-state index contributed by atoms with van der Waals surface area (Å²) in [5.41, 5.74) is 1.23. The normalized spacial score (nSPS) is 11.8. The fourth-order valence-electron chi connectivity index (χ4n) is 3.35. The minimum Gasteiger partial charge on any atom is -0.497 e. The first kappa shape index (κ1) is 23.2. The van der Waals surface area contributed by atoms with Gasteiger partial charge in [-0.3, -0.25) is 0 Å². The summed E-state index contributed by atoms with van der Waals surface area (Å²) in [5.74, 6) is 0.878. The maximum atomic E-state index is 5.83. The van der Waals surface area contributed by atoms with E-state index in [0.717, 1.165) is 43.3 Å². The molecule has 0 fully saturated rings. The lowest BCUT2D eigenvalue weighted by atomic mass is 10.1. The molecule has 2 rings (SSSR count). The van der Waals surface area contributed by atoms with Crippen molar-refractivity contribution in [3.8, 4) is 5.75 Å². The van der Waals surface area contributed by atoms with E-state index in [1.54, 1.807) is 7.11 Å². The van der Waals surface area contributed by atoms with Crippen molar-refractivity contribution >= 4 is 17.3 Å². The largest absolute Gasteiger partial charge is 0.497 e. The summed E-state index contributed by atoms with van der Waals surface area (Å²) in [6.45, 7) is 7.12. The molecule has 0 aliphatic heterocycles. The van der Waals surface area contributed by atoms with Gasteiger partial charge in [0.15, 0.2) is 5.11 Å². The van der Waals surface area contributed by atoms with Crippen LogP contribution in [-0.4, -0.2) is 39.3 Å². The predicted octanol–water partition coefficient (Wildman–Crippen LogP) is 5.02. The standard InChI is InChI=1S/C23H36N4OS/c1-4-6-7-9-21(5-2)25-23(29)27(16-8-15-26-17-14-24-19-26)18-20-10-12-22(28-3)13-11-20/h10-14,17,19,21H,4-9,15-16,18H2,1-3H3,(H,25,29). The van der Waals surface area contributed by atoms with Crippen molar-refractivity contribution in [3.63, 3.8) is 0 Å². The van der Waals surface area contributed by atoms with Crippen LogP contribution in [0.25, 0.3) is 0 Å². The van der Waals surface area contributed by atoms with Crippen LogP contribution in [0.5, 0.6) is 5.75 Å². The average molecular weight is 417 g/mol. The SMILES string of the molecule is CCCCCC(CC)NC(=S)N(CCCn1ccnc1)Cc1ccc(OC)cc1. The zero-order chi connectivity index (χ0) is 20.9. The van der Waals surface area contributed by atoms with E-state index < -0.39 is 0 Å². The number of ether oxygens (including phenoxy) is 1. The Kier molecular flexibility index (Phi) is 10.6. The van der Waals surface area contributed by atoms with Crippen LogP contribution in [0.3, 0.4) is 0 Å². The van der Waals surface area contributed by atoms with Crippen LogP contribution in [0.1, 0.15) is 57.9 Å². The van der Waals surface area contributed by atoms with Gasteiger partial charge in [0.25, 0.3) is 0 Å². The number of aryl methyl sites for hydroxylation is 1. The van der Waals surface area contributed by atoms with Gasteiger partial charge < -0.3 is 19.5 Å². The first-order chi connectivity index (χ1) is 14.2. The van der Waals surface area contributed by atoms with Gasteiger partial charge in [0.1, 0.15) is 5.75 Å². The molecular weight excluding hydrogens is 380 g/mol. The van der Waals surface area contributed by atoms with Gasteiger partial charge in [-0.2, -0.15) is 0 Å². The highest BCUT2D eigenvalue weighted by Gasteiger charge is 2.14. The van der Waals surface area contributed by atoms with E-state index in [4.69, 9.17) is 17.0 Å². The second-order valence-corrected chi connectivity index (χ2v) is 7.86. The quantitative estimate of drug-likeness (QED) is 0.367. The number of benzene rings is 1. The number of nitrogens with zero attached hydrogens (tertiary/aromatic N) is 3. The fraction of sp³-hybridized carbons (Fsp3) is 0.565. The molecule has 0 spiro atoms. The lowest BCUT2D eigenvalue weighted by Gasteiger charge is -2.29. The molecule has 1 N–H and O–H groups in total. The highest BCUT2D eigenvalue weighted by molar-refractivity contribution is 7.80. The van der Waals surface area contributed by atoms with Crippen LogP contribution in [0, 0.1) is 0 Å². The van der Waals surface area contributed by atoms with Crippen molar-refractivity contribution in [2.24, 2.45) is 0 Å². The van der Waals surface area contributed by atoms with E-state index in [1.165, 1.54) is 31.2 Å². The van der Waals surface area contributed by atoms with Crippen LogP contribution in [0.15, 0.2) is 43.0 Å². The van der Waals surface area contributed by atoms with Gasteiger partial charge in [-0.1, -0.05) is 45.2 Å². The van der Waals surface area contributed by atoms with E-state index in [1.807, 2.05) is 30.9 Å². The van der Waals surface area contributed by atoms with Crippen molar-refractivity contribution in [1.29, 1.82) is 0 Å². The van der Waals surface area contributed by atoms with Crippen LogP contribution < -0.4 is 10.1 Å². The van der Waals surface area contributed by atoms with Crippen LogP contribution in [0.2, 0.25) is 0 Å². The summed E-state index contributed by atoms with van der Waals surface area (Å²) >= 11 is 5.83. The van der Waals surface area contributed by atoms with Crippen molar-refractivity contribution < 1.29 is 4.74 Å². The van der Waals surface area contributed by atoms with Crippen LogP contribution >= 0.6 is 12.2 Å². The lowest BCUT2D eigenvalue weighted by Crippen LogP contribution is -2.44. The van der Waals surface area contributed by atoms with Gasteiger partial charge in [0, 0.05) is 38.1 Å². The van der Waals surface area contributed by atoms with E-state index in [9.17, 15) is 0 Å². The smallest absolute Gasteiger partial charge is 0.169 e. The zero-order valence-electron chi connectivity index (χ0n) is 18.1. The van der Waals surface area contributed by atoms with Gasteiger partial charge in [-0.15, -0.1) is 0 Å². The summed E-state index contributed by atoms with van der Waals surface area (Å²) in [6, 6.07) is 8.69. The molecule has 160 valence electrons. The van der Waals surface area contributed by atoms with Crippen molar-refractivity contribution in [1.82, 2.24) is 19.8 Å². The Balaban J connectivity index is 1.97. The lowest BCUT2D eigenvalue weighted by molar-refractivity contribution is 0.372. The molecule has 29 heavy (non-hydrogen) atoms. The molecule has 5 nitrogen and oxygen atoms in total. The number of methoxy groups -OCH3 is 1. The highest BCUT2D eigenvalue weighted by atomic mass is 32.1. The van der Waals surface area contributed by atoms with Crippen LogP contribution in [0.4, 0.5) is 0 Å². The number of hydrogen-bond acceptors (Lipinski definition) is 3. The minimum absolute atomic E-state index is 0.445. The molecule has 0 aliphatic rings. The molecule has 1 atom stereocenters. The molecule has 6 heteroatoms. The Bertz CT molecular complexity index is 687. The number of hydrogen-bond donors (Lipinski definition) is 1. The van der Waals surface area contributed by atoms with E-state index in [-0.39, 0.29) is 0 Å². The topological polar surface area (TPSA) is 42.3 Å². The Hall–Kier alpha value is -2.08. The molecule has 1 aromatic heterocycles. The molecule has 0 aliphatic carbocycles. The maximum absolute atomic E-state index is 5.83.